The predicted octanol–water partition coefficient (Wildman–Crippen LogP) is 4.03. The lowest BCUT2D eigenvalue weighted by atomic mass is 10.0. The van der Waals surface area contributed by atoms with Crippen LogP contribution in [0.5, 0.6) is 5.75 Å². The van der Waals surface area contributed by atoms with E-state index in [1.54, 1.807) is 7.11 Å². The number of benzene rings is 1. The van der Waals surface area contributed by atoms with Gasteiger partial charge in [0.1, 0.15) is 5.75 Å². The summed E-state index contributed by atoms with van der Waals surface area (Å²) in [5.41, 5.74) is 3.80. The molecule has 0 aliphatic carbocycles. The molecular weight excluding hydrogens is 240 g/mol. The first kappa shape index (κ1) is 11.6. The molecule has 0 saturated heterocycles. The van der Waals surface area contributed by atoms with Crippen LogP contribution in [0, 0.1) is 13.8 Å². The molecule has 0 fully saturated rings. The first-order valence-corrected chi connectivity index (χ1v) is 5.73. The number of ether oxygens (including phenoxy) is 1. The van der Waals surface area contributed by atoms with E-state index >= 15 is 0 Å². The topological polar surface area (TPSA) is 9.23 Å². The van der Waals surface area contributed by atoms with Crippen LogP contribution in [0.3, 0.4) is 0 Å². The first-order chi connectivity index (χ1) is 6.61. The van der Waals surface area contributed by atoms with Crippen molar-refractivity contribution in [1.29, 1.82) is 0 Å². The fourth-order valence-corrected chi connectivity index (χ4v) is 2.28. The van der Waals surface area contributed by atoms with Crippen LogP contribution in [0.2, 0.25) is 0 Å². The number of rotatable bonds is 3. The molecule has 0 amide bonds. The fraction of sp³-hybridized carbons (Fsp3) is 0.500. The van der Waals surface area contributed by atoms with Crippen LogP contribution < -0.4 is 4.74 Å². The fourth-order valence-electron chi connectivity index (χ4n) is 1.79. The highest BCUT2D eigenvalue weighted by Gasteiger charge is 2.10. The number of aryl methyl sites for hydroxylation is 2. The molecule has 0 saturated carbocycles. The summed E-state index contributed by atoms with van der Waals surface area (Å²) in [6, 6.07) is 2.21. The molecule has 0 radical (unpaired) electrons. The van der Waals surface area contributed by atoms with Gasteiger partial charge in [0.25, 0.3) is 0 Å². The number of hydrogen-bond donors (Lipinski definition) is 0. The molecule has 0 aliphatic heterocycles. The summed E-state index contributed by atoms with van der Waals surface area (Å²) in [6.07, 6.45) is 2.29. The molecule has 78 valence electrons. The molecule has 0 spiro atoms. The van der Waals surface area contributed by atoms with Crippen LogP contribution in [0.1, 0.15) is 30.0 Å². The minimum absolute atomic E-state index is 0.997. The average molecular weight is 257 g/mol. The summed E-state index contributed by atoms with van der Waals surface area (Å²) >= 11 is 3.63. The second-order valence-electron chi connectivity index (χ2n) is 3.57. The smallest absolute Gasteiger partial charge is 0.125 e. The summed E-state index contributed by atoms with van der Waals surface area (Å²) in [4.78, 5) is 0. The zero-order valence-corrected chi connectivity index (χ0v) is 10.9. The molecule has 0 atom stereocenters. The maximum atomic E-state index is 5.36. The van der Waals surface area contributed by atoms with E-state index < -0.39 is 0 Å². The van der Waals surface area contributed by atoms with Gasteiger partial charge in [0.2, 0.25) is 0 Å². The maximum Gasteiger partial charge on any atom is 0.125 e. The molecule has 1 rings (SSSR count). The third-order valence-electron chi connectivity index (χ3n) is 2.42. The maximum absolute atomic E-state index is 5.36. The Labute approximate surface area is 94.6 Å². The molecule has 0 aliphatic rings. The standard InChI is InChI=1S/C12H17BrO/c1-5-6-10-7-8(2)12(14-4)9(3)11(10)13/h7H,5-6H2,1-4H3. The normalized spacial score (nSPS) is 10.4. The van der Waals surface area contributed by atoms with E-state index in [4.69, 9.17) is 4.74 Å². The molecule has 0 bridgehead atoms. The molecule has 2 heteroatoms. The van der Waals surface area contributed by atoms with Crippen LogP contribution in [-0.4, -0.2) is 7.11 Å². The van der Waals surface area contributed by atoms with Gasteiger partial charge in [0.05, 0.1) is 7.11 Å². The molecule has 1 nitrogen and oxygen atoms in total. The van der Waals surface area contributed by atoms with Gasteiger partial charge in [0.15, 0.2) is 0 Å². The van der Waals surface area contributed by atoms with Crippen molar-refractivity contribution >= 4 is 15.9 Å². The summed E-state index contributed by atoms with van der Waals surface area (Å²) < 4.78 is 6.56. The molecule has 1 aromatic carbocycles. The van der Waals surface area contributed by atoms with Crippen molar-refractivity contribution < 1.29 is 4.74 Å². The Bertz CT molecular complexity index is 332. The minimum Gasteiger partial charge on any atom is -0.496 e. The lowest BCUT2D eigenvalue weighted by Gasteiger charge is -2.13. The third kappa shape index (κ3) is 2.11. The molecule has 0 heterocycles. The monoisotopic (exact) mass is 256 g/mol. The average Bonchev–Trinajstić information content (AvgIpc) is 2.15. The van der Waals surface area contributed by atoms with E-state index in [0.717, 1.165) is 12.2 Å². The van der Waals surface area contributed by atoms with Crippen LogP contribution in [0.25, 0.3) is 0 Å². The van der Waals surface area contributed by atoms with Gasteiger partial charge in [-0.2, -0.15) is 0 Å². The molecule has 14 heavy (non-hydrogen) atoms. The zero-order chi connectivity index (χ0) is 10.7. The Morgan fingerprint density at radius 1 is 1.36 bits per heavy atom. The van der Waals surface area contributed by atoms with Crippen LogP contribution >= 0.6 is 15.9 Å². The van der Waals surface area contributed by atoms with E-state index in [0.29, 0.717) is 0 Å². The number of methoxy groups -OCH3 is 1. The van der Waals surface area contributed by atoms with Crippen molar-refractivity contribution in [2.75, 3.05) is 7.11 Å². The molecule has 1 aromatic rings. The second kappa shape index (κ2) is 4.83. The van der Waals surface area contributed by atoms with Crippen molar-refractivity contribution in [1.82, 2.24) is 0 Å². The van der Waals surface area contributed by atoms with Crippen molar-refractivity contribution in [2.24, 2.45) is 0 Å². The second-order valence-corrected chi connectivity index (χ2v) is 4.37. The van der Waals surface area contributed by atoms with Crippen LogP contribution in [-0.2, 0) is 6.42 Å². The summed E-state index contributed by atoms with van der Waals surface area (Å²) in [6.45, 7) is 6.38. The van der Waals surface area contributed by atoms with Gasteiger partial charge >= 0.3 is 0 Å². The van der Waals surface area contributed by atoms with Crippen molar-refractivity contribution in [3.63, 3.8) is 0 Å². The van der Waals surface area contributed by atoms with E-state index in [1.165, 1.54) is 27.6 Å². The number of hydrogen-bond acceptors (Lipinski definition) is 1. The zero-order valence-electron chi connectivity index (χ0n) is 9.28. The van der Waals surface area contributed by atoms with E-state index in [1.807, 2.05) is 0 Å². The lowest BCUT2D eigenvalue weighted by Crippen LogP contribution is -1.96. The largest absolute Gasteiger partial charge is 0.496 e. The number of halogens is 1. The summed E-state index contributed by atoms with van der Waals surface area (Å²) in [5.74, 6) is 0.997. The van der Waals surface area contributed by atoms with E-state index in [-0.39, 0.29) is 0 Å². The van der Waals surface area contributed by atoms with Crippen LogP contribution in [0.4, 0.5) is 0 Å². The van der Waals surface area contributed by atoms with Gasteiger partial charge in [-0.3, -0.25) is 0 Å². The highest BCUT2D eigenvalue weighted by atomic mass is 79.9. The SMILES string of the molecule is CCCc1cc(C)c(OC)c(C)c1Br. The Morgan fingerprint density at radius 3 is 2.50 bits per heavy atom. The molecular formula is C12H17BrO. The van der Waals surface area contributed by atoms with Crippen molar-refractivity contribution in [3.8, 4) is 5.75 Å². The van der Waals surface area contributed by atoms with Gasteiger partial charge in [-0.1, -0.05) is 35.3 Å². The Balaban J connectivity index is 3.25. The minimum atomic E-state index is 0.997. The molecule has 0 unspecified atom stereocenters. The van der Waals surface area contributed by atoms with Gasteiger partial charge in [-0.05, 0) is 31.4 Å². The first-order valence-electron chi connectivity index (χ1n) is 4.94. The van der Waals surface area contributed by atoms with Gasteiger partial charge in [-0.15, -0.1) is 0 Å². The highest BCUT2D eigenvalue weighted by molar-refractivity contribution is 9.10. The highest BCUT2D eigenvalue weighted by Crippen LogP contribution is 2.33. The summed E-state index contributed by atoms with van der Waals surface area (Å²) in [5, 5.41) is 0. The third-order valence-corrected chi connectivity index (χ3v) is 3.53. The Kier molecular flexibility index (Phi) is 3.99. The Morgan fingerprint density at radius 2 is 2.00 bits per heavy atom. The predicted molar refractivity (Wildman–Crippen MR) is 64.2 cm³/mol. The quantitative estimate of drug-likeness (QED) is 0.794. The summed E-state index contributed by atoms with van der Waals surface area (Å²) in [7, 11) is 1.72. The van der Waals surface area contributed by atoms with Gasteiger partial charge in [-0.25, -0.2) is 0 Å². The molecule has 0 N–H and O–H groups in total. The van der Waals surface area contributed by atoms with Gasteiger partial charge < -0.3 is 4.74 Å². The van der Waals surface area contributed by atoms with Gasteiger partial charge in [0, 0.05) is 10.0 Å². The van der Waals surface area contributed by atoms with Crippen molar-refractivity contribution in [3.05, 3.63) is 27.2 Å². The molecule has 0 aromatic heterocycles. The van der Waals surface area contributed by atoms with Crippen LogP contribution in [0.15, 0.2) is 10.5 Å². The van der Waals surface area contributed by atoms with Crippen molar-refractivity contribution in [2.45, 2.75) is 33.6 Å². The Hall–Kier alpha value is -0.500. The van der Waals surface area contributed by atoms with E-state index in [9.17, 15) is 0 Å². The lowest BCUT2D eigenvalue weighted by molar-refractivity contribution is 0.408. The van der Waals surface area contributed by atoms with E-state index in [2.05, 4.69) is 42.8 Å².